The molecule has 0 unspecified atom stereocenters. The summed E-state index contributed by atoms with van der Waals surface area (Å²) in [6, 6.07) is 14.2. The van der Waals surface area contributed by atoms with Crippen molar-refractivity contribution in [2.45, 2.75) is 38.3 Å². The Hall–Kier alpha value is -1.69. The van der Waals surface area contributed by atoms with Gasteiger partial charge in [0.1, 0.15) is 6.04 Å². The van der Waals surface area contributed by atoms with Crippen LogP contribution >= 0.6 is 35.0 Å². The van der Waals surface area contributed by atoms with Crippen LogP contribution in [0.2, 0.25) is 10.0 Å². The van der Waals surface area contributed by atoms with E-state index in [-0.39, 0.29) is 24.1 Å². The average Bonchev–Trinajstić information content (AvgIpc) is 2.70. The lowest BCUT2D eigenvalue weighted by molar-refractivity contribution is -0.138. The quantitative estimate of drug-likeness (QED) is 0.526. The van der Waals surface area contributed by atoms with Gasteiger partial charge in [0.05, 0.1) is 5.75 Å². The van der Waals surface area contributed by atoms with Gasteiger partial charge < -0.3 is 10.2 Å². The second-order valence-corrected chi connectivity index (χ2v) is 9.07. The van der Waals surface area contributed by atoms with Crippen LogP contribution in [0.1, 0.15) is 26.3 Å². The van der Waals surface area contributed by atoms with Crippen LogP contribution in [0, 0.1) is 5.92 Å². The second-order valence-electron chi connectivity index (χ2n) is 7.17. The lowest BCUT2D eigenvalue weighted by Gasteiger charge is -2.29. The Labute approximate surface area is 187 Å². The predicted molar refractivity (Wildman–Crippen MR) is 121 cm³/mol. The highest BCUT2D eigenvalue weighted by molar-refractivity contribution is 8.00. The van der Waals surface area contributed by atoms with Gasteiger partial charge in [-0.3, -0.25) is 9.59 Å². The molecule has 2 amide bonds. The molecular formula is C22H26Cl2N2O2S. The van der Waals surface area contributed by atoms with Crippen molar-refractivity contribution >= 4 is 46.8 Å². The molecule has 0 aliphatic carbocycles. The van der Waals surface area contributed by atoms with Gasteiger partial charge in [0.25, 0.3) is 0 Å². The summed E-state index contributed by atoms with van der Waals surface area (Å²) in [6.45, 7) is 6.59. The van der Waals surface area contributed by atoms with Crippen molar-refractivity contribution in [2.75, 3.05) is 12.3 Å². The van der Waals surface area contributed by atoms with E-state index in [2.05, 4.69) is 5.32 Å². The number of carbonyl (C=O) groups is 2. The van der Waals surface area contributed by atoms with E-state index in [0.717, 1.165) is 10.5 Å². The third-order valence-electron chi connectivity index (χ3n) is 4.31. The summed E-state index contributed by atoms with van der Waals surface area (Å²) < 4.78 is 0. The number of nitrogens with zero attached hydrogens (tertiary/aromatic N) is 1. The van der Waals surface area contributed by atoms with Gasteiger partial charge in [-0.1, -0.05) is 61.3 Å². The Bertz CT molecular complexity index is 831. The zero-order valence-electron chi connectivity index (χ0n) is 16.8. The van der Waals surface area contributed by atoms with Gasteiger partial charge in [0.2, 0.25) is 11.8 Å². The van der Waals surface area contributed by atoms with Crippen LogP contribution in [0.5, 0.6) is 0 Å². The van der Waals surface area contributed by atoms with Gasteiger partial charge >= 0.3 is 0 Å². The molecule has 7 heteroatoms. The minimum atomic E-state index is -0.621. The van der Waals surface area contributed by atoms with Crippen molar-refractivity contribution in [3.8, 4) is 0 Å². The molecule has 1 atom stereocenters. The fraction of sp³-hybridized carbons (Fsp3) is 0.364. The number of hydrogen-bond acceptors (Lipinski definition) is 3. The highest BCUT2D eigenvalue weighted by Gasteiger charge is 2.26. The zero-order valence-corrected chi connectivity index (χ0v) is 19.2. The first-order valence-corrected chi connectivity index (χ1v) is 11.2. The topological polar surface area (TPSA) is 49.4 Å². The molecule has 0 fully saturated rings. The Morgan fingerprint density at radius 1 is 1.07 bits per heavy atom. The van der Waals surface area contributed by atoms with Crippen molar-refractivity contribution in [3.63, 3.8) is 0 Å². The predicted octanol–water partition coefficient (Wildman–Crippen LogP) is 5.28. The van der Waals surface area contributed by atoms with E-state index in [1.54, 1.807) is 30.0 Å². The van der Waals surface area contributed by atoms with Crippen LogP contribution in [-0.4, -0.2) is 35.1 Å². The van der Waals surface area contributed by atoms with E-state index in [4.69, 9.17) is 23.2 Å². The molecule has 156 valence electrons. The summed E-state index contributed by atoms with van der Waals surface area (Å²) in [4.78, 5) is 28.2. The maximum absolute atomic E-state index is 13.0. The summed E-state index contributed by atoms with van der Waals surface area (Å²) in [6.07, 6.45) is 0. The largest absolute Gasteiger partial charge is 0.354 e. The monoisotopic (exact) mass is 452 g/mol. The van der Waals surface area contributed by atoms with Gasteiger partial charge in [-0.2, -0.15) is 0 Å². The molecule has 0 aliphatic rings. The second kappa shape index (κ2) is 11.5. The molecule has 2 aromatic rings. The molecule has 0 saturated carbocycles. The van der Waals surface area contributed by atoms with Gasteiger partial charge in [0.15, 0.2) is 0 Å². The number of rotatable bonds is 9. The SMILES string of the molecule is CC(C)CNC(=O)[C@@H](C)N(Cc1ccc(Cl)cc1Cl)C(=O)CSc1ccccc1. The van der Waals surface area contributed by atoms with Crippen molar-refractivity contribution in [2.24, 2.45) is 5.92 Å². The molecule has 0 aliphatic heterocycles. The molecule has 0 saturated heterocycles. The highest BCUT2D eigenvalue weighted by atomic mass is 35.5. The van der Waals surface area contributed by atoms with Gasteiger partial charge in [0, 0.05) is 28.0 Å². The zero-order chi connectivity index (χ0) is 21.4. The summed E-state index contributed by atoms with van der Waals surface area (Å²) >= 11 is 13.7. The van der Waals surface area contributed by atoms with Crippen LogP contribution in [0.3, 0.4) is 0 Å². The van der Waals surface area contributed by atoms with Crippen molar-refractivity contribution in [1.29, 1.82) is 0 Å². The Kier molecular flexibility index (Phi) is 9.34. The van der Waals surface area contributed by atoms with Crippen LogP contribution in [-0.2, 0) is 16.1 Å². The van der Waals surface area contributed by atoms with Crippen molar-refractivity contribution in [3.05, 3.63) is 64.1 Å². The van der Waals surface area contributed by atoms with Crippen LogP contribution in [0.25, 0.3) is 0 Å². The third-order valence-corrected chi connectivity index (χ3v) is 5.90. The van der Waals surface area contributed by atoms with Gasteiger partial charge in [-0.25, -0.2) is 0 Å². The molecule has 0 aromatic heterocycles. The fourth-order valence-electron chi connectivity index (χ4n) is 2.61. The number of benzene rings is 2. The molecule has 2 rings (SSSR count). The van der Waals surface area contributed by atoms with Crippen molar-refractivity contribution < 1.29 is 9.59 Å². The van der Waals surface area contributed by atoms with Crippen LogP contribution in [0.4, 0.5) is 0 Å². The summed E-state index contributed by atoms with van der Waals surface area (Å²) in [5, 5.41) is 3.91. The summed E-state index contributed by atoms with van der Waals surface area (Å²) in [5.41, 5.74) is 0.748. The molecular weight excluding hydrogens is 427 g/mol. The van der Waals surface area contributed by atoms with E-state index >= 15 is 0 Å². The maximum atomic E-state index is 13.0. The highest BCUT2D eigenvalue weighted by Crippen LogP contribution is 2.24. The van der Waals surface area contributed by atoms with Crippen LogP contribution in [0.15, 0.2) is 53.4 Å². The molecule has 29 heavy (non-hydrogen) atoms. The average molecular weight is 453 g/mol. The molecule has 0 spiro atoms. The minimum absolute atomic E-state index is 0.128. The van der Waals surface area contributed by atoms with E-state index in [0.29, 0.717) is 22.5 Å². The smallest absolute Gasteiger partial charge is 0.242 e. The van der Waals surface area contributed by atoms with Gasteiger partial charge in [-0.15, -0.1) is 11.8 Å². The lowest BCUT2D eigenvalue weighted by atomic mass is 10.1. The third kappa shape index (κ3) is 7.57. The maximum Gasteiger partial charge on any atom is 0.242 e. The Morgan fingerprint density at radius 2 is 1.76 bits per heavy atom. The van der Waals surface area contributed by atoms with Crippen LogP contribution < -0.4 is 5.32 Å². The summed E-state index contributed by atoms with van der Waals surface area (Å²) in [7, 11) is 0. The number of carbonyl (C=O) groups excluding carboxylic acids is 2. The first kappa shape index (κ1) is 23.6. The first-order chi connectivity index (χ1) is 13.8. The number of thioether (sulfide) groups is 1. The van der Waals surface area contributed by atoms with E-state index < -0.39 is 6.04 Å². The number of nitrogens with one attached hydrogen (secondary N) is 1. The van der Waals surface area contributed by atoms with E-state index in [1.165, 1.54) is 11.8 Å². The number of amides is 2. The standard InChI is InChI=1S/C22H26Cl2N2O2S/c1-15(2)12-25-22(28)16(3)26(13-17-9-10-18(23)11-20(17)24)21(27)14-29-19-7-5-4-6-8-19/h4-11,15-16H,12-14H2,1-3H3,(H,25,28)/t16-/m1/s1. The van der Waals surface area contributed by atoms with Crippen molar-refractivity contribution in [1.82, 2.24) is 10.2 Å². The molecule has 1 N–H and O–H groups in total. The molecule has 4 nitrogen and oxygen atoms in total. The molecule has 0 bridgehead atoms. The Balaban J connectivity index is 2.16. The number of hydrogen-bond donors (Lipinski definition) is 1. The minimum Gasteiger partial charge on any atom is -0.354 e. The van der Waals surface area contributed by atoms with E-state index in [1.807, 2.05) is 44.2 Å². The summed E-state index contributed by atoms with van der Waals surface area (Å²) in [5.74, 6) is 0.255. The lowest BCUT2D eigenvalue weighted by Crippen LogP contribution is -2.48. The Morgan fingerprint density at radius 3 is 2.38 bits per heavy atom. The van der Waals surface area contributed by atoms with E-state index in [9.17, 15) is 9.59 Å². The molecule has 2 aromatic carbocycles. The normalized spacial score (nSPS) is 11.9. The molecule has 0 heterocycles. The molecule has 0 radical (unpaired) electrons. The number of halogens is 2. The first-order valence-electron chi connectivity index (χ1n) is 9.47. The fourth-order valence-corrected chi connectivity index (χ4v) is 3.89. The van der Waals surface area contributed by atoms with Gasteiger partial charge in [-0.05, 0) is 42.7 Å².